The van der Waals surface area contributed by atoms with Gasteiger partial charge in [0.05, 0.1) is 22.7 Å². The van der Waals surface area contributed by atoms with Crippen molar-refractivity contribution in [1.82, 2.24) is 10.3 Å². The Morgan fingerprint density at radius 1 is 1.36 bits per heavy atom. The second kappa shape index (κ2) is 9.24. The first-order valence-corrected chi connectivity index (χ1v) is 8.28. The van der Waals surface area contributed by atoms with Gasteiger partial charge in [-0.2, -0.15) is 13.2 Å². The quantitative estimate of drug-likeness (QED) is 0.462. The number of hydrogen-bond acceptors (Lipinski definition) is 4. The Morgan fingerprint density at radius 2 is 2.07 bits per heavy atom. The van der Waals surface area contributed by atoms with Crippen LogP contribution < -0.4 is 5.32 Å². The maximum Gasteiger partial charge on any atom is 0.417 e. The molecule has 2 aromatic rings. The highest BCUT2D eigenvalue weighted by Crippen LogP contribution is 2.31. The van der Waals surface area contributed by atoms with Crippen LogP contribution in [0.2, 0.25) is 5.02 Å². The normalized spacial score (nSPS) is 11.4. The van der Waals surface area contributed by atoms with Crippen molar-refractivity contribution >= 4 is 23.2 Å². The van der Waals surface area contributed by atoms with Crippen LogP contribution in [-0.2, 0) is 11.0 Å². The molecule has 5 nitrogen and oxygen atoms in total. The number of benzene rings is 1. The average molecular weight is 410 g/mol. The molecule has 0 saturated heterocycles. The summed E-state index contributed by atoms with van der Waals surface area (Å²) in [5, 5.41) is 6.36. The Morgan fingerprint density at radius 3 is 2.68 bits per heavy atom. The van der Waals surface area contributed by atoms with E-state index in [9.17, 15) is 18.0 Å². The highest BCUT2D eigenvalue weighted by Gasteiger charge is 2.34. The van der Waals surface area contributed by atoms with E-state index < -0.39 is 23.2 Å². The van der Waals surface area contributed by atoms with E-state index in [1.165, 1.54) is 25.4 Å². The summed E-state index contributed by atoms with van der Waals surface area (Å²) in [7, 11) is 1.28. The van der Waals surface area contributed by atoms with Crippen molar-refractivity contribution in [2.75, 3.05) is 13.7 Å². The predicted octanol–water partition coefficient (Wildman–Crippen LogP) is 3.91. The number of carbonyl (C=O) groups excluding carboxylic acids is 1. The molecule has 2 rings (SSSR count). The summed E-state index contributed by atoms with van der Waals surface area (Å²) < 4.78 is 39.3. The van der Waals surface area contributed by atoms with Crippen molar-refractivity contribution in [3.8, 4) is 11.8 Å². The molecule has 0 fully saturated rings. The van der Waals surface area contributed by atoms with E-state index in [-0.39, 0.29) is 23.0 Å². The van der Waals surface area contributed by atoms with Crippen LogP contribution in [-0.4, -0.2) is 30.3 Å². The summed E-state index contributed by atoms with van der Waals surface area (Å²) in [6, 6.07) is 6.05. The molecule has 1 aromatic heterocycles. The molecule has 1 heterocycles. The van der Waals surface area contributed by atoms with Gasteiger partial charge in [0.1, 0.15) is 18.5 Å². The number of amides is 1. The zero-order valence-corrected chi connectivity index (χ0v) is 15.6. The van der Waals surface area contributed by atoms with Gasteiger partial charge >= 0.3 is 6.18 Å². The minimum Gasteiger partial charge on any atom is -0.399 e. The molecule has 0 aliphatic carbocycles. The van der Waals surface area contributed by atoms with Gasteiger partial charge in [-0.15, -0.1) is 5.92 Å². The second-order valence-corrected chi connectivity index (χ2v) is 5.78. The van der Waals surface area contributed by atoms with E-state index in [1.807, 2.05) is 0 Å². The molecular formula is C19H15ClF3N3O2. The minimum atomic E-state index is -4.65. The largest absolute Gasteiger partial charge is 0.417 e. The zero-order valence-electron chi connectivity index (χ0n) is 14.9. The smallest absolute Gasteiger partial charge is 0.399 e. The number of halogens is 4. The molecule has 0 radical (unpaired) electrons. The monoisotopic (exact) mass is 409 g/mol. The number of aromatic nitrogens is 1. The number of rotatable bonds is 5. The van der Waals surface area contributed by atoms with Gasteiger partial charge in [-0.25, -0.2) is 0 Å². The van der Waals surface area contributed by atoms with E-state index in [0.717, 1.165) is 12.1 Å². The fourth-order valence-corrected chi connectivity index (χ4v) is 2.60. The lowest BCUT2D eigenvalue weighted by molar-refractivity contribution is -0.137. The van der Waals surface area contributed by atoms with Crippen molar-refractivity contribution in [1.29, 1.82) is 0 Å². The Hall–Kier alpha value is -3.05. The van der Waals surface area contributed by atoms with Crippen molar-refractivity contribution in [3.63, 3.8) is 0 Å². The molecule has 0 saturated carbocycles. The molecule has 0 spiro atoms. The molecule has 28 heavy (non-hydrogen) atoms. The number of carbonyl (C=O) groups is 1. The van der Waals surface area contributed by atoms with Gasteiger partial charge in [-0.05, 0) is 25.1 Å². The van der Waals surface area contributed by atoms with Gasteiger partial charge in [-0.3, -0.25) is 9.78 Å². The Bertz CT molecular complexity index is 963. The number of pyridine rings is 1. The predicted molar refractivity (Wildman–Crippen MR) is 99.1 cm³/mol. The highest BCUT2D eigenvalue weighted by molar-refractivity contribution is 6.34. The first kappa shape index (κ1) is 21.3. The van der Waals surface area contributed by atoms with Crippen LogP contribution in [0.4, 0.5) is 13.2 Å². The molecule has 146 valence electrons. The van der Waals surface area contributed by atoms with E-state index in [4.69, 9.17) is 16.4 Å². The minimum absolute atomic E-state index is 0.140. The van der Waals surface area contributed by atoms with Crippen LogP contribution >= 0.6 is 11.6 Å². The first-order chi connectivity index (χ1) is 13.3. The lowest BCUT2D eigenvalue weighted by atomic mass is 10.1. The van der Waals surface area contributed by atoms with Gasteiger partial charge in [0.25, 0.3) is 5.91 Å². The van der Waals surface area contributed by atoms with Gasteiger partial charge in [0.15, 0.2) is 0 Å². The maximum absolute atomic E-state index is 13.1. The molecular weight excluding hydrogens is 395 g/mol. The third kappa shape index (κ3) is 5.24. The molecule has 0 aliphatic rings. The summed E-state index contributed by atoms with van der Waals surface area (Å²) in [6.45, 7) is 1.42. The van der Waals surface area contributed by atoms with Crippen LogP contribution in [0, 0.1) is 11.8 Å². The summed E-state index contributed by atoms with van der Waals surface area (Å²) in [4.78, 5) is 21.2. The molecule has 0 unspecified atom stereocenters. The summed E-state index contributed by atoms with van der Waals surface area (Å²) in [5.74, 6) is 4.59. The number of nitrogens with zero attached hydrogens (tertiary/aromatic N) is 2. The molecule has 0 atom stereocenters. The van der Waals surface area contributed by atoms with E-state index in [1.54, 1.807) is 13.0 Å². The van der Waals surface area contributed by atoms with Gasteiger partial charge in [0.2, 0.25) is 0 Å². The van der Waals surface area contributed by atoms with Crippen LogP contribution in [0.15, 0.2) is 41.7 Å². The van der Waals surface area contributed by atoms with E-state index >= 15 is 0 Å². The highest BCUT2D eigenvalue weighted by atomic mass is 35.5. The van der Waals surface area contributed by atoms with Gasteiger partial charge in [0, 0.05) is 11.8 Å². The molecule has 0 bridgehead atoms. The number of oxime groups is 1. The lowest BCUT2D eigenvalue weighted by Crippen LogP contribution is -2.32. The maximum atomic E-state index is 13.1. The van der Waals surface area contributed by atoms with Crippen LogP contribution in [0.5, 0.6) is 0 Å². The van der Waals surface area contributed by atoms with Gasteiger partial charge < -0.3 is 10.2 Å². The second-order valence-electron chi connectivity index (χ2n) is 5.38. The number of nitrogens with one attached hydrogen (secondary N) is 1. The number of alkyl halides is 3. The summed E-state index contributed by atoms with van der Waals surface area (Å²) in [6.07, 6.45) is -3.19. The van der Waals surface area contributed by atoms with Crippen molar-refractivity contribution in [2.24, 2.45) is 5.16 Å². The molecule has 1 aromatic carbocycles. The first-order valence-electron chi connectivity index (χ1n) is 7.91. The topological polar surface area (TPSA) is 63.6 Å². The third-order valence-electron chi connectivity index (χ3n) is 3.48. The zero-order chi connectivity index (χ0) is 20.7. The molecule has 1 amide bonds. The van der Waals surface area contributed by atoms with Crippen molar-refractivity contribution in [2.45, 2.75) is 13.1 Å². The molecule has 0 aliphatic heterocycles. The SMILES string of the molecule is CC#Cc1cnc(/C(CNC(=O)c2ccccc2C(F)(F)F)=N/OC)c(Cl)c1. The van der Waals surface area contributed by atoms with Crippen LogP contribution in [0.1, 0.15) is 34.1 Å². The summed E-state index contributed by atoms with van der Waals surface area (Å²) in [5.41, 5.74) is -0.595. The van der Waals surface area contributed by atoms with E-state index in [0.29, 0.717) is 5.56 Å². The van der Waals surface area contributed by atoms with Crippen molar-refractivity contribution in [3.05, 3.63) is 63.9 Å². The van der Waals surface area contributed by atoms with Crippen molar-refractivity contribution < 1.29 is 22.8 Å². The standard InChI is InChI=1S/C19H15ClF3N3O2/c1-3-6-12-9-15(20)17(24-10-12)16(26-28-2)11-25-18(27)13-7-4-5-8-14(13)19(21,22)23/h4-5,7-10H,11H2,1-2H3,(H,25,27)/b26-16+. The summed E-state index contributed by atoms with van der Waals surface area (Å²) >= 11 is 6.18. The average Bonchev–Trinajstić information content (AvgIpc) is 2.65. The number of hydrogen-bond donors (Lipinski definition) is 1. The molecule has 9 heteroatoms. The fourth-order valence-electron chi connectivity index (χ4n) is 2.32. The van der Waals surface area contributed by atoms with Crippen LogP contribution in [0.3, 0.4) is 0 Å². The third-order valence-corrected chi connectivity index (χ3v) is 3.77. The Labute approximate surface area is 164 Å². The Kier molecular flexibility index (Phi) is 7.01. The van der Waals surface area contributed by atoms with E-state index in [2.05, 4.69) is 27.3 Å². The lowest BCUT2D eigenvalue weighted by Gasteiger charge is -2.13. The molecule has 1 N–H and O–H groups in total. The van der Waals surface area contributed by atoms with Gasteiger partial charge in [-0.1, -0.05) is 34.8 Å². The fraction of sp³-hybridized carbons (Fsp3) is 0.211. The van der Waals surface area contributed by atoms with Crippen LogP contribution in [0.25, 0.3) is 0 Å². The Balaban J connectivity index is 2.25.